The number of rotatable bonds is 4. The highest BCUT2D eigenvalue weighted by Crippen LogP contribution is 2.29. The van der Waals surface area contributed by atoms with Gasteiger partial charge in [0.05, 0.1) is 5.56 Å². The Morgan fingerprint density at radius 2 is 2.00 bits per heavy atom. The first kappa shape index (κ1) is 13.6. The number of carboxylic acids is 1. The van der Waals surface area contributed by atoms with Gasteiger partial charge in [-0.05, 0) is 42.1 Å². The van der Waals surface area contributed by atoms with Crippen molar-refractivity contribution < 1.29 is 14.6 Å². The molecule has 106 valence electrons. The van der Waals surface area contributed by atoms with Gasteiger partial charge in [0.2, 0.25) is 0 Å². The van der Waals surface area contributed by atoms with E-state index in [0.717, 1.165) is 26.3 Å². The predicted molar refractivity (Wildman–Crippen MR) is 84.3 cm³/mol. The number of aromatic carboxylic acids is 1. The first-order chi connectivity index (χ1) is 10.1. The quantitative estimate of drug-likeness (QED) is 0.772. The molecule has 3 aromatic rings. The van der Waals surface area contributed by atoms with Gasteiger partial charge in [0.15, 0.2) is 0 Å². The smallest absolute Gasteiger partial charge is 0.337 e. The number of carbonyl (C=O) groups is 1. The summed E-state index contributed by atoms with van der Waals surface area (Å²) < 4.78 is 6.56. The summed E-state index contributed by atoms with van der Waals surface area (Å²) in [5.74, 6) is -0.0699. The van der Waals surface area contributed by atoms with E-state index in [0.29, 0.717) is 12.2 Å². The molecule has 3 nitrogen and oxygen atoms in total. The van der Waals surface area contributed by atoms with Crippen molar-refractivity contribution in [1.82, 2.24) is 0 Å². The van der Waals surface area contributed by atoms with Crippen LogP contribution in [-0.4, -0.2) is 11.1 Å². The molecule has 2 aromatic carbocycles. The fourth-order valence-electron chi connectivity index (χ4n) is 2.22. The van der Waals surface area contributed by atoms with E-state index >= 15 is 0 Å². The minimum absolute atomic E-state index is 0.347. The van der Waals surface area contributed by atoms with Gasteiger partial charge in [-0.1, -0.05) is 24.3 Å². The largest absolute Gasteiger partial charge is 0.488 e. The highest BCUT2D eigenvalue weighted by molar-refractivity contribution is 7.19. The molecule has 1 N–H and O–H groups in total. The lowest BCUT2D eigenvalue weighted by molar-refractivity contribution is 0.0699. The summed E-state index contributed by atoms with van der Waals surface area (Å²) in [5, 5.41) is 10.2. The monoisotopic (exact) mass is 298 g/mol. The minimum atomic E-state index is -0.895. The molecule has 0 aliphatic carbocycles. The van der Waals surface area contributed by atoms with E-state index in [2.05, 4.69) is 0 Å². The van der Waals surface area contributed by atoms with Crippen LogP contribution in [-0.2, 0) is 6.61 Å². The molecule has 1 aromatic heterocycles. The van der Waals surface area contributed by atoms with Gasteiger partial charge in [-0.2, -0.15) is 0 Å². The first-order valence-corrected chi connectivity index (χ1v) is 7.39. The van der Waals surface area contributed by atoms with Gasteiger partial charge in [0.1, 0.15) is 12.4 Å². The molecule has 0 unspecified atom stereocenters. The Bertz CT molecular complexity index is 805. The zero-order chi connectivity index (χ0) is 14.8. The summed E-state index contributed by atoms with van der Waals surface area (Å²) in [6.07, 6.45) is 0. The second-order valence-corrected chi connectivity index (χ2v) is 5.98. The maximum absolute atomic E-state index is 11.2. The molecule has 0 atom stereocenters. The summed E-state index contributed by atoms with van der Waals surface area (Å²) in [5.41, 5.74) is 1.50. The van der Waals surface area contributed by atoms with Gasteiger partial charge in [0.25, 0.3) is 0 Å². The van der Waals surface area contributed by atoms with E-state index in [9.17, 15) is 9.90 Å². The maximum atomic E-state index is 11.2. The second kappa shape index (κ2) is 5.58. The highest BCUT2D eigenvalue weighted by atomic mass is 32.1. The van der Waals surface area contributed by atoms with E-state index in [1.165, 1.54) is 11.3 Å². The summed E-state index contributed by atoms with van der Waals surface area (Å²) in [6, 6.07) is 15.2. The molecule has 0 saturated heterocycles. The summed E-state index contributed by atoms with van der Waals surface area (Å²) in [4.78, 5) is 12.2. The van der Waals surface area contributed by atoms with Gasteiger partial charge in [-0.25, -0.2) is 4.79 Å². The van der Waals surface area contributed by atoms with Crippen molar-refractivity contribution in [2.75, 3.05) is 0 Å². The van der Waals surface area contributed by atoms with E-state index in [1.54, 1.807) is 12.1 Å². The minimum Gasteiger partial charge on any atom is -0.488 e. The zero-order valence-corrected chi connectivity index (χ0v) is 12.3. The molecule has 3 rings (SSSR count). The summed E-state index contributed by atoms with van der Waals surface area (Å²) in [6.45, 7) is 2.47. The van der Waals surface area contributed by atoms with Crippen LogP contribution in [0.4, 0.5) is 0 Å². The fraction of sp³-hybridized carbons (Fsp3) is 0.118. The lowest BCUT2D eigenvalue weighted by Gasteiger charge is -2.04. The Balaban J connectivity index is 1.85. The van der Waals surface area contributed by atoms with E-state index < -0.39 is 5.97 Å². The van der Waals surface area contributed by atoms with Crippen LogP contribution in [0.2, 0.25) is 0 Å². The maximum Gasteiger partial charge on any atom is 0.337 e. The van der Waals surface area contributed by atoms with Crippen LogP contribution in [0.15, 0.2) is 48.5 Å². The third-order valence-corrected chi connectivity index (χ3v) is 4.35. The second-order valence-electron chi connectivity index (χ2n) is 4.85. The standard InChI is InChI=1S/C17H14O3S/c1-11-4-2-6-13(8-11)20-10-14-9-12-5-3-7-15(17(18)19)16(12)21-14/h2-9H,10H2,1H3,(H,18,19). The molecule has 21 heavy (non-hydrogen) atoms. The van der Waals surface area contributed by atoms with E-state index in [-0.39, 0.29) is 0 Å². The SMILES string of the molecule is Cc1cccc(OCc2cc3cccc(C(=O)O)c3s2)c1. The lowest BCUT2D eigenvalue weighted by Crippen LogP contribution is -1.95. The van der Waals surface area contributed by atoms with Crippen molar-refractivity contribution in [2.24, 2.45) is 0 Å². The molecule has 0 spiro atoms. The molecular formula is C17H14O3S. The van der Waals surface area contributed by atoms with Crippen LogP contribution in [0.3, 0.4) is 0 Å². The van der Waals surface area contributed by atoms with Gasteiger partial charge < -0.3 is 9.84 Å². The Labute approximate surface area is 126 Å². The Hall–Kier alpha value is -2.33. The number of carboxylic acid groups (broad SMARTS) is 1. The molecule has 0 fully saturated rings. The van der Waals surface area contributed by atoms with E-state index in [4.69, 9.17) is 4.74 Å². The number of thiophene rings is 1. The van der Waals surface area contributed by atoms with Crippen LogP contribution >= 0.6 is 11.3 Å². The average Bonchev–Trinajstić information content (AvgIpc) is 2.87. The van der Waals surface area contributed by atoms with Crippen molar-refractivity contribution in [1.29, 1.82) is 0 Å². The van der Waals surface area contributed by atoms with Crippen LogP contribution < -0.4 is 4.74 Å². The third-order valence-electron chi connectivity index (χ3n) is 3.20. The van der Waals surface area contributed by atoms with Gasteiger partial charge >= 0.3 is 5.97 Å². The van der Waals surface area contributed by atoms with E-state index in [1.807, 2.05) is 43.3 Å². The van der Waals surface area contributed by atoms with Gasteiger partial charge in [-0.15, -0.1) is 11.3 Å². The number of ether oxygens (including phenoxy) is 1. The topological polar surface area (TPSA) is 46.5 Å². The Morgan fingerprint density at radius 3 is 2.76 bits per heavy atom. The number of benzene rings is 2. The van der Waals surface area contributed by atoms with Crippen LogP contribution in [0, 0.1) is 6.92 Å². The summed E-state index contributed by atoms with van der Waals surface area (Å²) in [7, 11) is 0. The lowest BCUT2D eigenvalue weighted by atomic mass is 10.1. The molecule has 0 radical (unpaired) electrons. The molecule has 0 aliphatic heterocycles. The number of fused-ring (bicyclic) bond motifs is 1. The van der Waals surface area contributed by atoms with Crippen LogP contribution in [0.1, 0.15) is 20.8 Å². The Morgan fingerprint density at radius 1 is 1.19 bits per heavy atom. The van der Waals surface area contributed by atoms with Crippen LogP contribution in [0.5, 0.6) is 5.75 Å². The van der Waals surface area contributed by atoms with Gasteiger partial charge in [-0.3, -0.25) is 0 Å². The Kier molecular flexibility index (Phi) is 3.62. The molecule has 0 amide bonds. The molecule has 4 heteroatoms. The molecule has 1 heterocycles. The third kappa shape index (κ3) is 2.90. The molecule has 0 aliphatic rings. The van der Waals surface area contributed by atoms with Crippen molar-refractivity contribution in [3.63, 3.8) is 0 Å². The highest BCUT2D eigenvalue weighted by Gasteiger charge is 2.11. The molecule has 0 saturated carbocycles. The fourth-order valence-corrected chi connectivity index (χ4v) is 3.29. The zero-order valence-electron chi connectivity index (χ0n) is 11.5. The molecular weight excluding hydrogens is 284 g/mol. The van der Waals surface area contributed by atoms with Crippen molar-refractivity contribution >= 4 is 27.4 Å². The number of hydrogen-bond donors (Lipinski definition) is 1. The van der Waals surface area contributed by atoms with Crippen LogP contribution in [0.25, 0.3) is 10.1 Å². The number of hydrogen-bond acceptors (Lipinski definition) is 3. The van der Waals surface area contributed by atoms with Crippen molar-refractivity contribution in [3.05, 3.63) is 64.5 Å². The predicted octanol–water partition coefficient (Wildman–Crippen LogP) is 4.49. The first-order valence-electron chi connectivity index (χ1n) is 6.58. The van der Waals surface area contributed by atoms with Crippen molar-refractivity contribution in [2.45, 2.75) is 13.5 Å². The normalized spacial score (nSPS) is 10.7. The number of aryl methyl sites for hydroxylation is 1. The van der Waals surface area contributed by atoms with Crippen molar-refractivity contribution in [3.8, 4) is 5.75 Å². The summed E-state index contributed by atoms with van der Waals surface area (Å²) >= 11 is 1.47. The average molecular weight is 298 g/mol. The van der Waals surface area contributed by atoms with Gasteiger partial charge in [0, 0.05) is 9.58 Å². The molecule has 0 bridgehead atoms.